The molecule has 8 heteroatoms. The first-order valence-corrected chi connectivity index (χ1v) is 4.01. The lowest BCUT2D eigenvalue weighted by Gasteiger charge is -2.03. The first-order chi connectivity index (χ1) is 4.81. The molecule has 0 aromatic carbocycles. The lowest BCUT2D eigenvalue weighted by atomic mass is 11.4. The second-order valence-corrected chi connectivity index (χ2v) is 3.48. The molecule has 0 heterocycles. The minimum Gasteiger partial charge on any atom is -0.218 e. The molecule has 0 aromatic heterocycles. The molecule has 0 N–H and O–H groups in total. The lowest BCUT2D eigenvalue weighted by Crippen LogP contribution is -2.25. The van der Waals surface area contributed by atoms with Crippen LogP contribution >= 0.6 is 0 Å². The number of rotatable bonds is 2. The fraction of sp³-hybridized carbons (Fsp3) is 1.00. The fourth-order valence-corrected chi connectivity index (χ4v) is 0.621. The van der Waals surface area contributed by atoms with Crippen LogP contribution in [-0.4, -0.2) is 26.9 Å². The first-order valence-electron chi connectivity index (χ1n) is 2.36. The van der Waals surface area contributed by atoms with Crippen molar-refractivity contribution in [2.45, 2.75) is 5.51 Å². The Hall–Kier alpha value is -0.660. The van der Waals surface area contributed by atoms with Crippen LogP contribution in [0.25, 0.3) is 0 Å². The van der Waals surface area contributed by atoms with Crippen molar-refractivity contribution in [2.75, 3.05) is 12.9 Å². The Morgan fingerprint density at radius 2 is 1.82 bits per heavy atom. The van der Waals surface area contributed by atoms with E-state index in [1.54, 1.807) is 0 Å². The number of nitrogens with zero attached hydrogens (tertiary/aromatic N) is 2. The summed E-state index contributed by atoms with van der Waals surface area (Å²) in [5, 5.41) is 5.61. The average molecular weight is 190 g/mol. The van der Waals surface area contributed by atoms with Crippen LogP contribution in [0.4, 0.5) is 13.2 Å². The maximum atomic E-state index is 11.5. The highest BCUT2D eigenvalue weighted by Gasteiger charge is 2.45. The van der Waals surface area contributed by atoms with Crippen LogP contribution in [0.2, 0.25) is 0 Å². The standard InChI is InChI=1S/C3H5F3N2O2S/c1-7-8-2-11(9,10)3(4,5)6/h2H2,1H3. The third-order valence-corrected chi connectivity index (χ3v) is 1.88. The van der Waals surface area contributed by atoms with Gasteiger partial charge in [0.05, 0.1) is 0 Å². The monoisotopic (exact) mass is 190 g/mol. The summed E-state index contributed by atoms with van der Waals surface area (Å²) in [6.07, 6.45) is 0. The highest BCUT2D eigenvalue weighted by Crippen LogP contribution is 2.23. The summed E-state index contributed by atoms with van der Waals surface area (Å²) < 4.78 is 54.7. The molecule has 0 spiro atoms. The summed E-state index contributed by atoms with van der Waals surface area (Å²) >= 11 is 0. The number of alkyl halides is 3. The molecule has 11 heavy (non-hydrogen) atoms. The molecule has 66 valence electrons. The van der Waals surface area contributed by atoms with Gasteiger partial charge in [-0.15, -0.1) is 0 Å². The van der Waals surface area contributed by atoms with Crippen LogP contribution in [0.5, 0.6) is 0 Å². The Bertz CT molecular complexity index is 242. The summed E-state index contributed by atoms with van der Waals surface area (Å²) in [6.45, 7) is 0. The Morgan fingerprint density at radius 1 is 1.36 bits per heavy atom. The van der Waals surface area contributed by atoms with Crippen LogP contribution in [0.15, 0.2) is 10.2 Å². The zero-order valence-electron chi connectivity index (χ0n) is 5.46. The van der Waals surface area contributed by atoms with Gasteiger partial charge in [0.25, 0.3) is 9.84 Å². The molecule has 0 unspecified atom stereocenters. The topological polar surface area (TPSA) is 58.9 Å². The van der Waals surface area contributed by atoms with Crippen molar-refractivity contribution in [2.24, 2.45) is 10.2 Å². The van der Waals surface area contributed by atoms with Gasteiger partial charge in [-0.1, -0.05) is 0 Å². The molecule has 0 saturated heterocycles. The molecule has 0 aliphatic carbocycles. The van der Waals surface area contributed by atoms with Crippen LogP contribution in [-0.2, 0) is 9.84 Å². The van der Waals surface area contributed by atoms with Crippen molar-refractivity contribution in [1.29, 1.82) is 0 Å². The van der Waals surface area contributed by atoms with E-state index in [4.69, 9.17) is 0 Å². The van der Waals surface area contributed by atoms with E-state index in [1.807, 2.05) is 0 Å². The van der Waals surface area contributed by atoms with Crippen LogP contribution in [0.1, 0.15) is 0 Å². The second-order valence-electron chi connectivity index (χ2n) is 1.53. The van der Waals surface area contributed by atoms with Crippen molar-refractivity contribution in [3.05, 3.63) is 0 Å². The van der Waals surface area contributed by atoms with Gasteiger partial charge in [-0.3, -0.25) is 0 Å². The quantitative estimate of drug-likeness (QED) is 0.609. The van der Waals surface area contributed by atoms with E-state index in [2.05, 4.69) is 10.2 Å². The molecule has 0 aromatic rings. The summed E-state index contributed by atoms with van der Waals surface area (Å²) in [6, 6.07) is 0. The van der Waals surface area contributed by atoms with Gasteiger partial charge in [-0.25, -0.2) is 8.42 Å². The molecule has 0 radical (unpaired) electrons. The van der Waals surface area contributed by atoms with Gasteiger partial charge in [-0.2, -0.15) is 23.4 Å². The molecule has 0 fully saturated rings. The van der Waals surface area contributed by atoms with E-state index in [1.165, 1.54) is 0 Å². The van der Waals surface area contributed by atoms with Crippen LogP contribution < -0.4 is 0 Å². The van der Waals surface area contributed by atoms with E-state index in [0.29, 0.717) is 0 Å². The molecule has 0 saturated carbocycles. The van der Waals surface area contributed by atoms with Gasteiger partial charge in [0.2, 0.25) is 0 Å². The van der Waals surface area contributed by atoms with Gasteiger partial charge in [0.1, 0.15) is 0 Å². The lowest BCUT2D eigenvalue weighted by molar-refractivity contribution is -0.0435. The zero-order chi connectivity index (χ0) is 9.12. The predicted molar refractivity (Wildman–Crippen MR) is 30.6 cm³/mol. The Kier molecular flexibility index (Phi) is 2.97. The van der Waals surface area contributed by atoms with Crippen molar-refractivity contribution >= 4 is 9.84 Å². The average Bonchev–Trinajstić information content (AvgIpc) is 1.81. The van der Waals surface area contributed by atoms with Crippen molar-refractivity contribution in [3.8, 4) is 0 Å². The highest BCUT2D eigenvalue weighted by atomic mass is 32.2. The molecule has 0 rings (SSSR count). The second kappa shape index (κ2) is 3.16. The largest absolute Gasteiger partial charge is 0.499 e. The minimum absolute atomic E-state index is 1.09. The van der Waals surface area contributed by atoms with Crippen LogP contribution in [0.3, 0.4) is 0 Å². The summed E-state index contributed by atoms with van der Waals surface area (Å²) in [7, 11) is -4.03. The van der Waals surface area contributed by atoms with Gasteiger partial charge in [-0.05, 0) is 0 Å². The number of hydrogen-bond acceptors (Lipinski definition) is 4. The van der Waals surface area contributed by atoms with E-state index < -0.39 is 21.2 Å². The molecule has 4 nitrogen and oxygen atoms in total. The molecule has 0 aliphatic rings. The fourth-order valence-electron chi connectivity index (χ4n) is 0.207. The van der Waals surface area contributed by atoms with E-state index in [-0.39, 0.29) is 0 Å². The van der Waals surface area contributed by atoms with Crippen molar-refractivity contribution < 1.29 is 21.6 Å². The number of azo groups is 1. The number of hydrogen-bond donors (Lipinski definition) is 0. The number of halogens is 3. The molecular formula is C3H5F3N2O2S. The SMILES string of the molecule is CN=NCS(=O)(=O)C(F)(F)F. The van der Waals surface area contributed by atoms with Gasteiger partial charge < -0.3 is 0 Å². The number of sulfone groups is 1. The summed E-state index contributed by atoms with van der Waals surface area (Å²) in [4.78, 5) is 0. The third-order valence-electron chi connectivity index (χ3n) is 0.722. The Labute approximate surface area is 61.0 Å². The molecule has 0 amide bonds. The molecular weight excluding hydrogens is 185 g/mol. The highest BCUT2D eigenvalue weighted by molar-refractivity contribution is 7.92. The summed E-state index contributed by atoms with van der Waals surface area (Å²) in [5.41, 5.74) is -5.23. The van der Waals surface area contributed by atoms with Gasteiger partial charge in [0, 0.05) is 7.05 Å². The first kappa shape index (κ1) is 10.3. The summed E-state index contributed by atoms with van der Waals surface area (Å²) in [5.74, 6) is -1.34. The Balaban J connectivity index is 4.50. The third kappa shape index (κ3) is 2.83. The van der Waals surface area contributed by atoms with Gasteiger partial charge in [0.15, 0.2) is 5.88 Å². The smallest absolute Gasteiger partial charge is 0.218 e. The van der Waals surface area contributed by atoms with Gasteiger partial charge >= 0.3 is 5.51 Å². The molecule has 0 atom stereocenters. The van der Waals surface area contributed by atoms with Crippen molar-refractivity contribution in [1.82, 2.24) is 0 Å². The van der Waals surface area contributed by atoms with E-state index in [9.17, 15) is 21.6 Å². The maximum Gasteiger partial charge on any atom is 0.499 e. The zero-order valence-corrected chi connectivity index (χ0v) is 6.28. The minimum atomic E-state index is -5.23. The Morgan fingerprint density at radius 3 is 2.09 bits per heavy atom. The molecule has 0 aliphatic heterocycles. The van der Waals surface area contributed by atoms with E-state index in [0.717, 1.165) is 7.05 Å². The maximum absolute atomic E-state index is 11.5. The van der Waals surface area contributed by atoms with Crippen molar-refractivity contribution in [3.63, 3.8) is 0 Å². The van der Waals surface area contributed by atoms with E-state index >= 15 is 0 Å². The van der Waals surface area contributed by atoms with Crippen LogP contribution in [0, 0.1) is 0 Å². The normalized spacial score (nSPS) is 14.2. The molecule has 0 bridgehead atoms. The predicted octanol–water partition coefficient (Wildman–Crippen LogP) is 0.961.